The van der Waals surface area contributed by atoms with Gasteiger partial charge in [0.25, 0.3) is 0 Å². The monoisotopic (exact) mass is 276 g/mol. The summed E-state index contributed by atoms with van der Waals surface area (Å²) in [6.45, 7) is 2.29. The molecule has 0 aromatic heterocycles. The van der Waals surface area contributed by atoms with Crippen LogP contribution in [0.4, 0.5) is 0 Å². The second-order valence-corrected chi connectivity index (χ2v) is 4.44. The molecule has 0 aliphatic rings. The van der Waals surface area contributed by atoms with E-state index in [0.717, 1.165) is 0 Å². The number of ether oxygens (including phenoxy) is 2. The van der Waals surface area contributed by atoms with Crippen molar-refractivity contribution in [2.75, 3.05) is 20.3 Å². The fourth-order valence-corrected chi connectivity index (χ4v) is 1.55. The summed E-state index contributed by atoms with van der Waals surface area (Å²) in [7, 11) is 1.58. The van der Waals surface area contributed by atoms with E-state index >= 15 is 0 Å². The summed E-state index contributed by atoms with van der Waals surface area (Å²) >= 11 is 11.6. The first-order valence-electron chi connectivity index (χ1n) is 5.13. The van der Waals surface area contributed by atoms with Gasteiger partial charge in [0.1, 0.15) is 6.61 Å². The van der Waals surface area contributed by atoms with Crippen LogP contribution in [0.25, 0.3) is 0 Å². The highest BCUT2D eigenvalue weighted by Gasteiger charge is 2.10. The van der Waals surface area contributed by atoms with Crippen molar-refractivity contribution in [3.05, 3.63) is 33.8 Å². The van der Waals surface area contributed by atoms with Crippen LogP contribution >= 0.6 is 23.2 Å². The van der Waals surface area contributed by atoms with Crippen molar-refractivity contribution in [2.45, 2.75) is 13.0 Å². The summed E-state index contributed by atoms with van der Waals surface area (Å²) in [5.41, 5.74) is 0.490. The van der Waals surface area contributed by atoms with Crippen molar-refractivity contribution >= 4 is 29.0 Å². The first-order valence-corrected chi connectivity index (χ1v) is 5.89. The number of rotatable bonds is 6. The molecule has 1 unspecified atom stereocenters. The molecule has 5 heteroatoms. The molecule has 3 nitrogen and oxygen atoms in total. The summed E-state index contributed by atoms with van der Waals surface area (Å²) in [4.78, 5) is 11.7. The Kier molecular flexibility index (Phi) is 5.92. The molecule has 0 spiro atoms. The van der Waals surface area contributed by atoms with Crippen molar-refractivity contribution < 1.29 is 14.3 Å². The number of benzene rings is 1. The van der Waals surface area contributed by atoms with Crippen LogP contribution in [0.1, 0.15) is 17.3 Å². The van der Waals surface area contributed by atoms with E-state index in [0.29, 0.717) is 22.2 Å². The summed E-state index contributed by atoms with van der Waals surface area (Å²) in [5, 5.41) is 0.791. The fourth-order valence-electron chi connectivity index (χ4n) is 1.25. The van der Waals surface area contributed by atoms with Crippen molar-refractivity contribution in [2.24, 2.45) is 0 Å². The lowest BCUT2D eigenvalue weighted by molar-refractivity contribution is 0.0125. The smallest absolute Gasteiger partial charge is 0.188 e. The molecule has 1 aromatic carbocycles. The summed E-state index contributed by atoms with van der Waals surface area (Å²) in [6, 6.07) is 4.76. The normalized spacial score (nSPS) is 12.5. The number of methoxy groups -OCH3 is 1. The molecule has 0 amide bonds. The first-order chi connectivity index (χ1) is 8.04. The van der Waals surface area contributed by atoms with Gasteiger partial charge in [0, 0.05) is 12.7 Å². The van der Waals surface area contributed by atoms with Crippen molar-refractivity contribution in [1.29, 1.82) is 0 Å². The van der Waals surface area contributed by atoms with E-state index < -0.39 is 0 Å². The summed E-state index contributed by atoms with van der Waals surface area (Å²) in [5.74, 6) is -0.133. The zero-order valence-electron chi connectivity index (χ0n) is 9.70. The number of carbonyl (C=O) groups excluding carboxylic acids is 1. The Morgan fingerprint density at radius 1 is 1.35 bits per heavy atom. The lowest BCUT2D eigenvalue weighted by Gasteiger charge is -2.11. The molecule has 0 N–H and O–H groups in total. The van der Waals surface area contributed by atoms with Gasteiger partial charge in [0.2, 0.25) is 0 Å². The molecule has 0 saturated carbocycles. The van der Waals surface area contributed by atoms with Crippen LogP contribution in [0.3, 0.4) is 0 Å². The van der Waals surface area contributed by atoms with Crippen molar-refractivity contribution in [1.82, 2.24) is 0 Å². The molecular formula is C12H14Cl2O3. The van der Waals surface area contributed by atoms with E-state index in [-0.39, 0.29) is 18.5 Å². The predicted molar refractivity (Wildman–Crippen MR) is 68.1 cm³/mol. The highest BCUT2D eigenvalue weighted by atomic mass is 35.5. The van der Waals surface area contributed by atoms with Gasteiger partial charge >= 0.3 is 0 Å². The molecule has 0 bridgehead atoms. The third-order valence-electron chi connectivity index (χ3n) is 2.14. The van der Waals surface area contributed by atoms with E-state index in [9.17, 15) is 4.79 Å². The number of halogens is 2. The van der Waals surface area contributed by atoms with E-state index in [4.69, 9.17) is 32.7 Å². The average Bonchev–Trinajstić information content (AvgIpc) is 2.30. The number of ketones is 1. The lowest BCUT2D eigenvalue weighted by Crippen LogP contribution is -2.19. The molecule has 1 atom stereocenters. The Morgan fingerprint density at radius 3 is 2.65 bits per heavy atom. The second-order valence-electron chi connectivity index (χ2n) is 3.63. The van der Waals surface area contributed by atoms with Gasteiger partial charge in [-0.2, -0.15) is 0 Å². The largest absolute Gasteiger partial charge is 0.382 e. The van der Waals surface area contributed by atoms with Crippen LogP contribution in [-0.4, -0.2) is 32.2 Å². The lowest BCUT2D eigenvalue weighted by atomic mass is 10.1. The molecule has 0 saturated heterocycles. The summed E-state index contributed by atoms with van der Waals surface area (Å²) < 4.78 is 10.2. The molecule has 17 heavy (non-hydrogen) atoms. The Bertz CT molecular complexity index is 393. The van der Waals surface area contributed by atoms with Gasteiger partial charge in [-0.25, -0.2) is 0 Å². The van der Waals surface area contributed by atoms with E-state index in [1.807, 2.05) is 6.92 Å². The molecule has 0 heterocycles. The Balaban J connectivity index is 2.55. The zero-order chi connectivity index (χ0) is 12.8. The predicted octanol–water partition coefficient (Wildman–Crippen LogP) is 3.23. The second kappa shape index (κ2) is 6.97. The minimum atomic E-state index is -0.133. The van der Waals surface area contributed by atoms with Gasteiger partial charge < -0.3 is 9.47 Å². The van der Waals surface area contributed by atoms with Crippen LogP contribution in [0, 0.1) is 0 Å². The molecule has 0 fully saturated rings. The maximum absolute atomic E-state index is 11.7. The van der Waals surface area contributed by atoms with Crippen LogP contribution in [-0.2, 0) is 9.47 Å². The highest BCUT2D eigenvalue weighted by molar-refractivity contribution is 6.42. The highest BCUT2D eigenvalue weighted by Crippen LogP contribution is 2.22. The molecule has 0 aliphatic heterocycles. The van der Waals surface area contributed by atoms with E-state index in [1.165, 1.54) is 6.07 Å². The van der Waals surface area contributed by atoms with Gasteiger partial charge in [0.15, 0.2) is 5.78 Å². The minimum absolute atomic E-state index is 0.00247. The van der Waals surface area contributed by atoms with Crippen molar-refractivity contribution in [3.63, 3.8) is 0 Å². The van der Waals surface area contributed by atoms with Gasteiger partial charge in [-0.05, 0) is 25.1 Å². The average molecular weight is 277 g/mol. The Labute approximate surface area is 111 Å². The zero-order valence-corrected chi connectivity index (χ0v) is 11.2. The summed E-state index contributed by atoms with van der Waals surface area (Å²) in [6.07, 6.45) is -0.119. The molecule has 0 aliphatic carbocycles. The Hall–Kier alpha value is -0.610. The standard InChI is InChI=1S/C12H14Cl2O3/c1-8(6-16-2)17-7-12(15)9-3-4-10(13)11(14)5-9/h3-5,8H,6-7H2,1-2H3. The maximum Gasteiger partial charge on any atom is 0.188 e. The quantitative estimate of drug-likeness (QED) is 0.749. The SMILES string of the molecule is COCC(C)OCC(=O)c1ccc(Cl)c(Cl)c1. The molecule has 1 aromatic rings. The third-order valence-corrected chi connectivity index (χ3v) is 2.88. The number of Topliss-reactive ketones (excluding diaryl/α,β-unsaturated/α-hetero) is 1. The van der Waals surface area contributed by atoms with Gasteiger partial charge in [-0.15, -0.1) is 0 Å². The Morgan fingerprint density at radius 2 is 2.06 bits per heavy atom. The molecular weight excluding hydrogens is 263 g/mol. The number of carbonyl (C=O) groups is 1. The topological polar surface area (TPSA) is 35.5 Å². The minimum Gasteiger partial charge on any atom is -0.382 e. The maximum atomic E-state index is 11.7. The number of hydrogen-bond donors (Lipinski definition) is 0. The van der Waals surface area contributed by atoms with Crippen LogP contribution < -0.4 is 0 Å². The van der Waals surface area contributed by atoms with Crippen LogP contribution in [0.15, 0.2) is 18.2 Å². The van der Waals surface area contributed by atoms with E-state index in [2.05, 4.69) is 0 Å². The number of hydrogen-bond acceptors (Lipinski definition) is 3. The first kappa shape index (κ1) is 14.5. The van der Waals surface area contributed by atoms with Gasteiger partial charge in [-0.1, -0.05) is 23.2 Å². The molecule has 1 rings (SSSR count). The molecule has 0 radical (unpaired) electrons. The van der Waals surface area contributed by atoms with Crippen LogP contribution in [0.2, 0.25) is 10.0 Å². The van der Waals surface area contributed by atoms with E-state index in [1.54, 1.807) is 19.2 Å². The van der Waals surface area contributed by atoms with Gasteiger partial charge in [-0.3, -0.25) is 4.79 Å². The molecule has 94 valence electrons. The van der Waals surface area contributed by atoms with Crippen molar-refractivity contribution in [3.8, 4) is 0 Å². The third kappa shape index (κ3) is 4.64. The fraction of sp³-hybridized carbons (Fsp3) is 0.417. The van der Waals surface area contributed by atoms with Crippen LogP contribution in [0.5, 0.6) is 0 Å². The van der Waals surface area contributed by atoms with Gasteiger partial charge in [0.05, 0.1) is 22.8 Å².